The molecule has 0 spiro atoms. The first-order chi connectivity index (χ1) is 9.46. The molecule has 0 bridgehead atoms. The number of nitrogens with one attached hydrogen (secondary N) is 1. The second-order valence-electron chi connectivity index (χ2n) is 5.12. The van der Waals surface area contributed by atoms with Crippen molar-refractivity contribution in [1.82, 2.24) is 5.32 Å². The lowest BCUT2D eigenvalue weighted by molar-refractivity contribution is -0.124. The van der Waals surface area contributed by atoms with Crippen LogP contribution in [0.5, 0.6) is 0 Å². The van der Waals surface area contributed by atoms with Gasteiger partial charge >= 0.3 is 0 Å². The third kappa shape index (κ3) is 4.30. The second-order valence-corrected chi connectivity index (χ2v) is 7.35. The minimum atomic E-state index is -3.06. The SMILES string of the molecule is O=C(NCCc1ccc(F)cc1)C1CCCS(=O)(=O)C1. The lowest BCUT2D eigenvalue weighted by atomic mass is 10.0. The third-order valence-corrected chi connectivity index (χ3v) is 5.28. The summed E-state index contributed by atoms with van der Waals surface area (Å²) >= 11 is 0. The van der Waals surface area contributed by atoms with Crippen LogP contribution in [0.2, 0.25) is 0 Å². The number of carbonyl (C=O) groups is 1. The van der Waals surface area contributed by atoms with Gasteiger partial charge in [0, 0.05) is 6.54 Å². The Morgan fingerprint density at radius 1 is 1.30 bits per heavy atom. The third-order valence-electron chi connectivity index (χ3n) is 3.46. The molecule has 0 aliphatic carbocycles. The first-order valence-electron chi connectivity index (χ1n) is 6.69. The summed E-state index contributed by atoms with van der Waals surface area (Å²) in [4.78, 5) is 11.9. The first-order valence-corrected chi connectivity index (χ1v) is 8.51. The molecule has 1 aliphatic rings. The van der Waals surface area contributed by atoms with Gasteiger partial charge in [-0.1, -0.05) is 12.1 Å². The van der Waals surface area contributed by atoms with Gasteiger partial charge in [0.2, 0.25) is 5.91 Å². The highest BCUT2D eigenvalue weighted by Gasteiger charge is 2.29. The number of carbonyl (C=O) groups excluding carboxylic acids is 1. The van der Waals surface area contributed by atoms with E-state index >= 15 is 0 Å². The Labute approximate surface area is 118 Å². The molecule has 0 radical (unpaired) electrons. The van der Waals surface area contributed by atoms with Crippen molar-refractivity contribution in [2.75, 3.05) is 18.1 Å². The van der Waals surface area contributed by atoms with Crippen LogP contribution in [0.4, 0.5) is 4.39 Å². The Hall–Kier alpha value is -1.43. The lowest BCUT2D eigenvalue weighted by Gasteiger charge is -2.21. The Morgan fingerprint density at radius 2 is 2.00 bits per heavy atom. The molecular weight excluding hydrogens is 281 g/mol. The minimum absolute atomic E-state index is 0.0462. The van der Waals surface area contributed by atoms with Crippen LogP contribution in [0.1, 0.15) is 18.4 Å². The van der Waals surface area contributed by atoms with Crippen molar-refractivity contribution in [3.63, 3.8) is 0 Å². The number of hydrogen-bond donors (Lipinski definition) is 1. The van der Waals surface area contributed by atoms with Crippen LogP contribution < -0.4 is 5.32 Å². The monoisotopic (exact) mass is 299 g/mol. The fourth-order valence-electron chi connectivity index (χ4n) is 2.36. The zero-order valence-electron chi connectivity index (χ0n) is 11.1. The highest BCUT2D eigenvalue weighted by molar-refractivity contribution is 7.91. The molecule has 1 aromatic rings. The molecule has 1 N–H and O–H groups in total. The van der Waals surface area contributed by atoms with Crippen molar-refractivity contribution in [2.24, 2.45) is 5.92 Å². The minimum Gasteiger partial charge on any atom is -0.356 e. The van der Waals surface area contributed by atoms with Gasteiger partial charge in [-0.2, -0.15) is 0 Å². The molecule has 6 heteroatoms. The maximum atomic E-state index is 12.7. The molecule has 1 heterocycles. The smallest absolute Gasteiger partial charge is 0.224 e. The standard InChI is InChI=1S/C14H18FNO3S/c15-13-5-3-11(4-6-13)7-8-16-14(17)12-2-1-9-20(18,19)10-12/h3-6,12H,1-2,7-10H2,(H,16,17). The molecule has 0 aromatic heterocycles. The lowest BCUT2D eigenvalue weighted by Crippen LogP contribution is -2.38. The van der Waals surface area contributed by atoms with Crippen molar-refractivity contribution in [3.8, 4) is 0 Å². The van der Waals surface area contributed by atoms with E-state index in [-0.39, 0.29) is 23.2 Å². The summed E-state index contributed by atoms with van der Waals surface area (Å²) in [5.74, 6) is -0.774. The molecule has 1 amide bonds. The van der Waals surface area contributed by atoms with Crippen molar-refractivity contribution < 1.29 is 17.6 Å². The summed E-state index contributed by atoms with van der Waals surface area (Å²) in [6, 6.07) is 6.11. The quantitative estimate of drug-likeness (QED) is 0.912. The van der Waals surface area contributed by atoms with Gasteiger partial charge < -0.3 is 5.32 Å². The van der Waals surface area contributed by atoms with E-state index in [4.69, 9.17) is 0 Å². The largest absolute Gasteiger partial charge is 0.356 e. The van der Waals surface area contributed by atoms with E-state index in [1.807, 2.05) is 0 Å². The van der Waals surface area contributed by atoms with Gasteiger partial charge in [-0.25, -0.2) is 12.8 Å². The van der Waals surface area contributed by atoms with E-state index in [1.54, 1.807) is 12.1 Å². The van der Waals surface area contributed by atoms with Gasteiger partial charge in [-0.3, -0.25) is 4.79 Å². The van der Waals surface area contributed by atoms with E-state index in [2.05, 4.69) is 5.32 Å². The van der Waals surface area contributed by atoms with Gasteiger partial charge in [-0.05, 0) is 37.0 Å². The van der Waals surface area contributed by atoms with Crippen LogP contribution >= 0.6 is 0 Å². The van der Waals surface area contributed by atoms with Crippen LogP contribution in [-0.4, -0.2) is 32.4 Å². The van der Waals surface area contributed by atoms with E-state index in [0.29, 0.717) is 25.8 Å². The number of rotatable bonds is 4. The van der Waals surface area contributed by atoms with E-state index in [9.17, 15) is 17.6 Å². The molecule has 1 unspecified atom stereocenters. The average molecular weight is 299 g/mol. The van der Waals surface area contributed by atoms with Crippen molar-refractivity contribution in [1.29, 1.82) is 0 Å². The molecular formula is C14H18FNO3S. The number of sulfone groups is 1. The normalized spacial score (nSPS) is 21.4. The fourth-order valence-corrected chi connectivity index (χ4v) is 4.06. The summed E-state index contributed by atoms with van der Waals surface area (Å²) in [5, 5.41) is 2.76. The van der Waals surface area contributed by atoms with Gasteiger partial charge in [0.05, 0.1) is 17.4 Å². The van der Waals surface area contributed by atoms with Crippen LogP contribution in [0.3, 0.4) is 0 Å². The topological polar surface area (TPSA) is 63.2 Å². The van der Waals surface area contributed by atoms with E-state index < -0.39 is 15.8 Å². The number of halogens is 1. The summed E-state index contributed by atoms with van der Waals surface area (Å²) in [6.45, 7) is 0.432. The van der Waals surface area contributed by atoms with Gasteiger partial charge in [0.25, 0.3) is 0 Å². The molecule has 1 fully saturated rings. The van der Waals surface area contributed by atoms with Crippen molar-refractivity contribution in [3.05, 3.63) is 35.6 Å². The highest BCUT2D eigenvalue weighted by atomic mass is 32.2. The molecule has 4 nitrogen and oxygen atoms in total. The Kier molecular flexibility index (Phi) is 4.75. The maximum Gasteiger partial charge on any atom is 0.224 e. The van der Waals surface area contributed by atoms with Crippen LogP contribution in [0.15, 0.2) is 24.3 Å². The highest BCUT2D eigenvalue weighted by Crippen LogP contribution is 2.18. The fraction of sp³-hybridized carbons (Fsp3) is 0.500. The van der Waals surface area contributed by atoms with Gasteiger partial charge in [-0.15, -0.1) is 0 Å². The summed E-state index contributed by atoms with van der Waals surface area (Å²) in [5.41, 5.74) is 0.933. The molecule has 1 atom stereocenters. The Morgan fingerprint density at radius 3 is 2.65 bits per heavy atom. The molecule has 20 heavy (non-hydrogen) atoms. The predicted octanol–water partition coefficient (Wildman–Crippen LogP) is 1.31. The molecule has 2 rings (SSSR count). The van der Waals surface area contributed by atoms with Gasteiger partial charge in [0.1, 0.15) is 5.82 Å². The predicted molar refractivity (Wildman–Crippen MR) is 74.5 cm³/mol. The van der Waals surface area contributed by atoms with Gasteiger partial charge in [0.15, 0.2) is 9.84 Å². The number of hydrogen-bond acceptors (Lipinski definition) is 3. The van der Waals surface area contributed by atoms with Crippen molar-refractivity contribution in [2.45, 2.75) is 19.3 Å². The second kappa shape index (κ2) is 6.35. The molecule has 110 valence electrons. The summed E-state index contributed by atoms with van der Waals surface area (Å²) < 4.78 is 35.7. The van der Waals surface area contributed by atoms with E-state index in [1.165, 1.54) is 12.1 Å². The molecule has 1 saturated heterocycles. The summed E-state index contributed by atoms with van der Waals surface area (Å²) in [7, 11) is -3.06. The summed E-state index contributed by atoms with van der Waals surface area (Å²) in [6.07, 6.45) is 1.78. The maximum absolute atomic E-state index is 12.7. The van der Waals surface area contributed by atoms with Crippen LogP contribution in [0.25, 0.3) is 0 Å². The first kappa shape index (κ1) is 15.0. The van der Waals surface area contributed by atoms with Crippen molar-refractivity contribution >= 4 is 15.7 Å². The average Bonchev–Trinajstić information content (AvgIpc) is 2.40. The number of amides is 1. The Bertz CT molecular complexity index is 569. The zero-order valence-corrected chi connectivity index (χ0v) is 12.0. The molecule has 0 saturated carbocycles. The Balaban J connectivity index is 1.79. The van der Waals surface area contributed by atoms with Crippen LogP contribution in [-0.2, 0) is 21.1 Å². The number of benzene rings is 1. The zero-order chi connectivity index (χ0) is 14.6. The molecule has 1 aromatic carbocycles. The van der Waals surface area contributed by atoms with E-state index in [0.717, 1.165) is 5.56 Å². The molecule has 1 aliphatic heterocycles. The van der Waals surface area contributed by atoms with Crippen LogP contribution in [0, 0.1) is 11.7 Å².